The van der Waals surface area contributed by atoms with E-state index in [-0.39, 0.29) is 6.04 Å². The third-order valence-electron chi connectivity index (χ3n) is 3.41. The molecule has 0 aliphatic carbocycles. The van der Waals surface area contributed by atoms with Gasteiger partial charge in [0.1, 0.15) is 0 Å². The fourth-order valence-electron chi connectivity index (χ4n) is 2.30. The summed E-state index contributed by atoms with van der Waals surface area (Å²) in [4.78, 5) is 0. The molecule has 0 heterocycles. The van der Waals surface area contributed by atoms with Crippen molar-refractivity contribution in [2.24, 2.45) is 5.73 Å². The molecule has 1 atom stereocenters. The summed E-state index contributed by atoms with van der Waals surface area (Å²) in [5.74, 6) is 0. The standard InChI is InChI=1S/C16H18ClN/c1-10-7-8-13(11(2)9-10)16(18)14-5-4-6-15(17)12(14)3/h4-9,16H,18H2,1-3H3. The van der Waals surface area contributed by atoms with Crippen LogP contribution in [0, 0.1) is 20.8 Å². The van der Waals surface area contributed by atoms with Gasteiger partial charge in [0.25, 0.3) is 0 Å². The Morgan fingerprint density at radius 1 is 1.00 bits per heavy atom. The van der Waals surface area contributed by atoms with Crippen molar-refractivity contribution in [3.63, 3.8) is 0 Å². The largest absolute Gasteiger partial charge is 0.320 e. The van der Waals surface area contributed by atoms with Crippen molar-refractivity contribution in [1.29, 1.82) is 0 Å². The molecule has 0 saturated carbocycles. The summed E-state index contributed by atoms with van der Waals surface area (Å²) < 4.78 is 0. The van der Waals surface area contributed by atoms with E-state index in [2.05, 4.69) is 32.0 Å². The number of rotatable bonds is 2. The highest BCUT2D eigenvalue weighted by molar-refractivity contribution is 6.31. The molecule has 0 aliphatic rings. The third-order valence-corrected chi connectivity index (χ3v) is 3.81. The van der Waals surface area contributed by atoms with E-state index in [1.54, 1.807) is 0 Å². The van der Waals surface area contributed by atoms with Gasteiger partial charge in [0.2, 0.25) is 0 Å². The number of nitrogens with two attached hydrogens (primary N) is 1. The summed E-state index contributed by atoms with van der Waals surface area (Å²) in [5, 5.41) is 0.771. The molecule has 1 unspecified atom stereocenters. The zero-order valence-electron chi connectivity index (χ0n) is 11.0. The second-order valence-corrected chi connectivity index (χ2v) is 5.20. The highest BCUT2D eigenvalue weighted by atomic mass is 35.5. The maximum Gasteiger partial charge on any atom is 0.0557 e. The molecule has 0 radical (unpaired) electrons. The van der Waals surface area contributed by atoms with Gasteiger partial charge >= 0.3 is 0 Å². The summed E-state index contributed by atoms with van der Waals surface area (Å²) in [7, 11) is 0. The van der Waals surface area contributed by atoms with Crippen molar-refractivity contribution in [2.75, 3.05) is 0 Å². The van der Waals surface area contributed by atoms with Crippen LogP contribution in [0.1, 0.15) is 33.9 Å². The lowest BCUT2D eigenvalue weighted by Gasteiger charge is -2.18. The Bertz CT molecular complexity index is 575. The van der Waals surface area contributed by atoms with E-state index >= 15 is 0 Å². The van der Waals surface area contributed by atoms with Gasteiger partial charge in [0, 0.05) is 5.02 Å². The van der Waals surface area contributed by atoms with Gasteiger partial charge < -0.3 is 5.73 Å². The molecule has 0 aliphatic heterocycles. The lowest BCUT2D eigenvalue weighted by atomic mass is 9.92. The van der Waals surface area contributed by atoms with Crippen LogP contribution in [0.25, 0.3) is 0 Å². The van der Waals surface area contributed by atoms with Crippen LogP contribution in [-0.2, 0) is 0 Å². The van der Waals surface area contributed by atoms with Crippen LogP contribution in [0.3, 0.4) is 0 Å². The molecule has 2 heteroatoms. The molecule has 2 N–H and O–H groups in total. The second-order valence-electron chi connectivity index (χ2n) is 4.79. The van der Waals surface area contributed by atoms with Crippen molar-refractivity contribution in [3.8, 4) is 0 Å². The van der Waals surface area contributed by atoms with Crippen molar-refractivity contribution in [2.45, 2.75) is 26.8 Å². The first kappa shape index (κ1) is 13.1. The fraction of sp³-hybridized carbons (Fsp3) is 0.250. The van der Waals surface area contributed by atoms with E-state index in [1.807, 2.05) is 25.1 Å². The van der Waals surface area contributed by atoms with E-state index < -0.39 is 0 Å². The van der Waals surface area contributed by atoms with Crippen molar-refractivity contribution in [1.82, 2.24) is 0 Å². The van der Waals surface area contributed by atoms with Crippen LogP contribution in [0.4, 0.5) is 0 Å². The Hall–Kier alpha value is -1.31. The summed E-state index contributed by atoms with van der Waals surface area (Å²) in [6, 6.07) is 12.1. The summed E-state index contributed by atoms with van der Waals surface area (Å²) in [6.45, 7) is 6.20. The topological polar surface area (TPSA) is 26.0 Å². The predicted molar refractivity (Wildman–Crippen MR) is 78.1 cm³/mol. The summed E-state index contributed by atoms with van der Waals surface area (Å²) >= 11 is 6.15. The van der Waals surface area contributed by atoms with Crippen LogP contribution < -0.4 is 5.73 Å². The first-order valence-corrected chi connectivity index (χ1v) is 6.46. The van der Waals surface area contributed by atoms with Gasteiger partial charge in [0.05, 0.1) is 6.04 Å². The van der Waals surface area contributed by atoms with E-state index in [1.165, 1.54) is 11.1 Å². The quantitative estimate of drug-likeness (QED) is 0.854. The molecular weight excluding hydrogens is 242 g/mol. The minimum Gasteiger partial charge on any atom is -0.320 e. The molecule has 0 spiro atoms. The van der Waals surface area contributed by atoms with Gasteiger partial charge in [-0.2, -0.15) is 0 Å². The smallest absolute Gasteiger partial charge is 0.0557 e. The van der Waals surface area contributed by atoms with E-state index in [9.17, 15) is 0 Å². The lowest BCUT2D eigenvalue weighted by Crippen LogP contribution is -2.14. The Balaban J connectivity index is 2.48. The van der Waals surface area contributed by atoms with E-state index in [0.717, 1.165) is 21.7 Å². The molecule has 0 aromatic heterocycles. The molecule has 0 saturated heterocycles. The molecule has 0 bridgehead atoms. The van der Waals surface area contributed by atoms with Crippen LogP contribution in [0.15, 0.2) is 36.4 Å². The molecule has 0 fully saturated rings. The fourth-order valence-corrected chi connectivity index (χ4v) is 2.49. The molecule has 18 heavy (non-hydrogen) atoms. The number of aryl methyl sites for hydroxylation is 2. The van der Waals surface area contributed by atoms with Gasteiger partial charge in [-0.05, 0) is 49.1 Å². The SMILES string of the molecule is Cc1ccc(C(N)c2cccc(Cl)c2C)c(C)c1. The Morgan fingerprint density at radius 2 is 1.72 bits per heavy atom. The van der Waals surface area contributed by atoms with Crippen molar-refractivity contribution < 1.29 is 0 Å². The second kappa shape index (κ2) is 5.13. The first-order valence-electron chi connectivity index (χ1n) is 6.08. The van der Waals surface area contributed by atoms with Gasteiger partial charge in [-0.1, -0.05) is 47.5 Å². The van der Waals surface area contributed by atoms with Crippen LogP contribution in [-0.4, -0.2) is 0 Å². The monoisotopic (exact) mass is 259 g/mol. The van der Waals surface area contributed by atoms with Gasteiger partial charge in [-0.3, -0.25) is 0 Å². The average Bonchev–Trinajstić information content (AvgIpc) is 2.32. The Labute approximate surface area is 114 Å². The van der Waals surface area contributed by atoms with Crippen molar-refractivity contribution in [3.05, 3.63) is 69.2 Å². The number of hydrogen-bond donors (Lipinski definition) is 1. The molecule has 2 aromatic carbocycles. The van der Waals surface area contributed by atoms with Crippen LogP contribution in [0.5, 0.6) is 0 Å². The molecule has 94 valence electrons. The molecule has 2 aromatic rings. The zero-order chi connectivity index (χ0) is 13.3. The van der Waals surface area contributed by atoms with Gasteiger partial charge in [-0.15, -0.1) is 0 Å². The normalized spacial score (nSPS) is 12.5. The Kier molecular flexibility index (Phi) is 3.74. The first-order chi connectivity index (χ1) is 8.50. The Morgan fingerprint density at radius 3 is 2.39 bits per heavy atom. The third kappa shape index (κ3) is 2.43. The maximum absolute atomic E-state index is 6.38. The van der Waals surface area contributed by atoms with E-state index in [0.29, 0.717) is 0 Å². The molecule has 1 nitrogen and oxygen atoms in total. The summed E-state index contributed by atoms with van der Waals surface area (Å²) in [5.41, 5.74) is 12.2. The highest BCUT2D eigenvalue weighted by Crippen LogP contribution is 2.28. The van der Waals surface area contributed by atoms with Crippen LogP contribution >= 0.6 is 11.6 Å². The van der Waals surface area contributed by atoms with Gasteiger partial charge in [-0.25, -0.2) is 0 Å². The summed E-state index contributed by atoms with van der Waals surface area (Å²) in [6.07, 6.45) is 0. The maximum atomic E-state index is 6.38. The molecule has 2 rings (SSSR count). The minimum atomic E-state index is -0.121. The van der Waals surface area contributed by atoms with E-state index in [4.69, 9.17) is 17.3 Å². The number of halogens is 1. The number of hydrogen-bond acceptors (Lipinski definition) is 1. The lowest BCUT2D eigenvalue weighted by molar-refractivity contribution is 0.851. The molecule has 0 amide bonds. The predicted octanol–water partition coefficient (Wildman–Crippen LogP) is 4.31. The highest BCUT2D eigenvalue weighted by Gasteiger charge is 2.14. The zero-order valence-corrected chi connectivity index (χ0v) is 11.8. The molecular formula is C16H18ClN. The van der Waals surface area contributed by atoms with Crippen LogP contribution in [0.2, 0.25) is 5.02 Å². The van der Waals surface area contributed by atoms with Crippen molar-refractivity contribution >= 4 is 11.6 Å². The average molecular weight is 260 g/mol. The minimum absolute atomic E-state index is 0.121. The van der Waals surface area contributed by atoms with Gasteiger partial charge in [0.15, 0.2) is 0 Å². The number of benzene rings is 2.